The van der Waals surface area contributed by atoms with Crippen molar-refractivity contribution >= 4 is 17.7 Å². The Kier molecular flexibility index (Phi) is 11.5. The zero-order chi connectivity index (χ0) is 35.1. The number of esters is 2. The fourth-order valence-corrected chi connectivity index (χ4v) is 10.6. The molecule has 0 aromatic rings. The first-order chi connectivity index (χ1) is 22.6. The number of aliphatic hydroxyl groups excluding tert-OH is 4. The number of Topliss-reactive ketones (excluding diaryl/α,β-unsaturated/α-hetero) is 1. The Morgan fingerprint density at radius 3 is 2.35 bits per heavy atom. The van der Waals surface area contributed by atoms with Crippen molar-refractivity contribution in [2.75, 3.05) is 13.2 Å². The fraction of sp³-hybridized carbons (Fsp3) is 0.865. The Morgan fingerprint density at radius 1 is 0.979 bits per heavy atom. The van der Waals surface area contributed by atoms with Gasteiger partial charge in [0.2, 0.25) is 0 Å². The summed E-state index contributed by atoms with van der Waals surface area (Å²) in [6.45, 7) is 11.2. The van der Waals surface area contributed by atoms with Gasteiger partial charge in [-0.25, -0.2) is 0 Å². The zero-order valence-corrected chi connectivity index (χ0v) is 29.5. The van der Waals surface area contributed by atoms with Crippen LogP contribution in [-0.2, 0) is 33.3 Å². The lowest BCUT2D eigenvalue weighted by atomic mass is 9.47. The molecule has 0 bridgehead atoms. The van der Waals surface area contributed by atoms with Gasteiger partial charge in [-0.05, 0) is 79.4 Å². The molecule has 0 spiro atoms. The van der Waals surface area contributed by atoms with Crippen LogP contribution in [0.2, 0.25) is 0 Å². The molecule has 0 aromatic carbocycles. The summed E-state index contributed by atoms with van der Waals surface area (Å²) in [5.41, 5.74) is 1.33. The first-order valence-electron chi connectivity index (χ1n) is 18.1. The third-order valence-electron chi connectivity index (χ3n) is 13.1. The molecule has 4 fully saturated rings. The SMILES string of the molecule is CC(=O)O[C@H]1CC[C@@]2(C)C(=CCC3C4C[C@H](OC(C)=O)C([C@H](C)C(=O)CC[C@@H](C)CO[C@@H]5O[C@H](CO)[C@@H](O)[C@H](O)[C@H]5O)[C@@]4(C)CCC32)C1. The number of hydrogen-bond donors (Lipinski definition) is 4. The number of aliphatic hydroxyl groups is 4. The topological polar surface area (TPSA) is 169 Å². The molecule has 4 N–H and O–H groups in total. The average molecular weight is 679 g/mol. The highest BCUT2D eigenvalue weighted by molar-refractivity contribution is 5.81. The monoisotopic (exact) mass is 678 g/mol. The van der Waals surface area contributed by atoms with Crippen molar-refractivity contribution in [3.05, 3.63) is 11.6 Å². The maximum Gasteiger partial charge on any atom is 0.302 e. The van der Waals surface area contributed by atoms with E-state index in [2.05, 4.69) is 19.9 Å². The molecule has 0 radical (unpaired) electrons. The number of ketones is 1. The van der Waals surface area contributed by atoms with Crippen molar-refractivity contribution in [3.63, 3.8) is 0 Å². The Labute approximate surface area is 284 Å². The number of fused-ring (bicyclic) bond motifs is 5. The summed E-state index contributed by atoms with van der Waals surface area (Å²) < 4.78 is 22.8. The van der Waals surface area contributed by atoms with Crippen LogP contribution in [0.25, 0.3) is 0 Å². The van der Waals surface area contributed by atoms with Gasteiger partial charge in [0.05, 0.1) is 13.2 Å². The lowest BCUT2D eigenvalue weighted by Gasteiger charge is -2.58. The summed E-state index contributed by atoms with van der Waals surface area (Å²) in [6, 6.07) is 0. The highest BCUT2D eigenvalue weighted by Crippen LogP contribution is 2.67. The van der Waals surface area contributed by atoms with E-state index in [0.717, 1.165) is 44.9 Å². The largest absolute Gasteiger partial charge is 0.462 e. The van der Waals surface area contributed by atoms with E-state index < -0.39 is 37.3 Å². The summed E-state index contributed by atoms with van der Waals surface area (Å²) in [5.74, 6) is 0.398. The zero-order valence-electron chi connectivity index (χ0n) is 29.5. The summed E-state index contributed by atoms with van der Waals surface area (Å²) >= 11 is 0. The Balaban J connectivity index is 1.23. The van der Waals surface area contributed by atoms with Gasteiger partial charge in [-0.3, -0.25) is 14.4 Å². The minimum absolute atomic E-state index is 0.0506. The number of allylic oxidation sites excluding steroid dienone is 1. The predicted octanol–water partition coefficient (Wildman–Crippen LogP) is 3.48. The van der Waals surface area contributed by atoms with E-state index in [-0.39, 0.29) is 65.1 Å². The first kappa shape index (κ1) is 37.4. The number of hydrogen-bond acceptors (Lipinski definition) is 11. The highest BCUT2D eigenvalue weighted by atomic mass is 16.7. The molecule has 0 aromatic heterocycles. The molecule has 4 unspecified atom stereocenters. The van der Waals surface area contributed by atoms with Gasteiger partial charge >= 0.3 is 11.9 Å². The van der Waals surface area contributed by atoms with E-state index in [9.17, 15) is 34.8 Å². The summed E-state index contributed by atoms with van der Waals surface area (Å²) in [4.78, 5) is 37.9. The number of rotatable bonds is 11. The van der Waals surface area contributed by atoms with Gasteiger partial charge in [0, 0.05) is 38.5 Å². The maximum atomic E-state index is 13.9. The molecule has 1 saturated heterocycles. The molecule has 0 amide bonds. The molecule has 11 nitrogen and oxygen atoms in total. The predicted molar refractivity (Wildman–Crippen MR) is 174 cm³/mol. The van der Waals surface area contributed by atoms with Crippen LogP contribution in [0, 0.1) is 46.3 Å². The molecule has 272 valence electrons. The normalized spacial score (nSPS) is 43.5. The van der Waals surface area contributed by atoms with Crippen LogP contribution in [0.15, 0.2) is 11.6 Å². The van der Waals surface area contributed by atoms with Crippen LogP contribution in [-0.4, -0.2) is 94.3 Å². The molecular weight excluding hydrogens is 620 g/mol. The Morgan fingerprint density at radius 2 is 1.69 bits per heavy atom. The summed E-state index contributed by atoms with van der Waals surface area (Å²) in [7, 11) is 0. The van der Waals surface area contributed by atoms with Gasteiger partial charge in [-0.2, -0.15) is 0 Å². The van der Waals surface area contributed by atoms with Gasteiger partial charge in [-0.1, -0.05) is 39.3 Å². The molecule has 4 aliphatic carbocycles. The molecule has 5 rings (SSSR count). The first-order valence-corrected chi connectivity index (χ1v) is 18.1. The van der Waals surface area contributed by atoms with Gasteiger partial charge in [0.25, 0.3) is 0 Å². The van der Waals surface area contributed by atoms with Crippen molar-refractivity contribution in [1.29, 1.82) is 0 Å². The molecule has 11 heteroatoms. The standard InChI is InChI=1S/C37H58O11/c1-19(18-45-35-34(44)33(43)32(42)30(17-38)48-35)7-10-28(41)20(2)31-29(47-22(4)40)16-27-25-9-8-23-15-24(46-21(3)39)11-13-36(23,5)26(25)12-14-37(27,31)6/h8,19-20,24-27,29-35,38,42-44H,7,9-18H2,1-6H3/t19-,20-,24+,25?,26?,27?,29+,30-,31?,32-,33+,34-,35-,36+,37+/m1/s1. The van der Waals surface area contributed by atoms with Crippen LogP contribution in [0.1, 0.15) is 99.3 Å². The van der Waals surface area contributed by atoms with Crippen molar-refractivity contribution in [2.45, 2.75) is 142 Å². The molecule has 3 saturated carbocycles. The van der Waals surface area contributed by atoms with E-state index in [1.54, 1.807) is 0 Å². The maximum absolute atomic E-state index is 13.9. The minimum Gasteiger partial charge on any atom is -0.462 e. The summed E-state index contributed by atoms with van der Waals surface area (Å²) in [5, 5.41) is 39.8. The second-order valence-corrected chi connectivity index (χ2v) is 16.1. The molecule has 15 atom stereocenters. The third-order valence-corrected chi connectivity index (χ3v) is 13.1. The van der Waals surface area contributed by atoms with Crippen molar-refractivity contribution in [2.24, 2.45) is 46.3 Å². The Bertz CT molecular complexity index is 1220. The number of ether oxygens (including phenoxy) is 4. The van der Waals surface area contributed by atoms with Gasteiger partial charge in [-0.15, -0.1) is 0 Å². The van der Waals surface area contributed by atoms with E-state index in [0.29, 0.717) is 30.6 Å². The number of carbonyl (C=O) groups is 3. The fourth-order valence-electron chi connectivity index (χ4n) is 10.6. The van der Waals surface area contributed by atoms with E-state index in [4.69, 9.17) is 18.9 Å². The average Bonchev–Trinajstić information content (AvgIpc) is 3.32. The van der Waals surface area contributed by atoms with Crippen LogP contribution in [0.5, 0.6) is 0 Å². The quantitative estimate of drug-likeness (QED) is 0.187. The van der Waals surface area contributed by atoms with Crippen LogP contribution in [0.3, 0.4) is 0 Å². The minimum atomic E-state index is -1.51. The third kappa shape index (κ3) is 7.15. The second-order valence-electron chi connectivity index (χ2n) is 16.1. The van der Waals surface area contributed by atoms with Crippen LogP contribution in [0.4, 0.5) is 0 Å². The van der Waals surface area contributed by atoms with Crippen molar-refractivity contribution in [1.82, 2.24) is 0 Å². The molecular formula is C37H58O11. The van der Waals surface area contributed by atoms with Crippen molar-refractivity contribution in [3.8, 4) is 0 Å². The summed E-state index contributed by atoms with van der Waals surface area (Å²) in [6.07, 6.45) is 2.63. The number of carbonyl (C=O) groups excluding carboxylic acids is 3. The highest BCUT2D eigenvalue weighted by Gasteiger charge is 2.63. The van der Waals surface area contributed by atoms with E-state index in [1.165, 1.54) is 19.4 Å². The van der Waals surface area contributed by atoms with Crippen LogP contribution < -0.4 is 0 Å². The lowest BCUT2D eigenvalue weighted by Crippen LogP contribution is -2.59. The molecule has 1 aliphatic heterocycles. The second kappa shape index (κ2) is 14.8. The molecule has 5 aliphatic rings. The molecule has 1 heterocycles. The van der Waals surface area contributed by atoms with E-state index in [1.807, 2.05) is 13.8 Å². The molecule has 48 heavy (non-hydrogen) atoms. The van der Waals surface area contributed by atoms with Gasteiger partial charge < -0.3 is 39.4 Å². The lowest BCUT2D eigenvalue weighted by molar-refractivity contribution is -0.303. The Hall–Kier alpha value is -1.89. The van der Waals surface area contributed by atoms with Crippen molar-refractivity contribution < 1.29 is 53.8 Å². The van der Waals surface area contributed by atoms with Gasteiger partial charge in [0.1, 0.15) is 42.4 Å². The van der Waals surface area contributed by atoms with Gasteiger partial charge in [0.15, 0.2) is 6.29 Å². The van der Waals surface area contributed by atoms with E-state index >= 15 is 0 Å². The van der Waals surface area contributed by atoms with Crippen LogP contribution >= 0.6 is 0 Å². The smallest absolute Gasteiger partial charge is 0.302 e.